The summed E-state index contributed by atoms with van der Waals surface area (Å²) in [5.74, 6) is -1.11. The molecule has 1 unspecified atom stereocenters. The maximum absolute atomic E-state index is 12.3. The fourth-order valence-corrected chi connectivity index (χ4v) is 3.61. The SMILES string of the molecule is COCC(NS(=O)(=O)c1ccc(I)c(C(=O)O)c1)C(C)C. The first-order chi connectivity index (χ1) is 9.69. The van der Waals surface area contributed by atoms with Crippen molar-refractivity contribution in [1.29, 1.82) is 0 Å². The summed E-state index contributed by atoms with van der Waals surface area (Å²) >= 11 is 1.85. The molecule has 0 aliphatic carbocycles. The minimum Gasteiger partial charge on any atom is -0.478 e. The van der Waals surface area contributed by atoms with Crippen LogP contribution in [0.5, 0.6) is 0 Å². The number of rotatable bonds is 7. The van der Waals surface area contributed by atoms with E-state index in [-0.39, 0.29) is 29.0 Å². The number of nitrogens with one attached hydrogen (secondary N) is 1. The number of hydrogen-bond acceptors (Lipinski definition) is 4. The average Bonchev–Trinajstić information content (AvgIpc) is 2.37. The minimum atomic E-state index is -3.80. The number of benzene rings is 1. The summed E-state index contributed by atoms with van der Waals surface area (Å²) in [6.45, 7) is 4.00. The lowest BCUT2D eigenvalue weighted by atomic mass is 10.1. The summed E-state index contributed by atoms with van der Waals surface area (Å²) in [7, 11) is -2.30. The normalized spacial score (nSPS) is 13.4. The van der Waals surface area contributed by atoms with Gasteiger partial charge in [-0.25, -0.2) is 17.9 Å². The molecule has 0 aromatic heterocycles. The third-order valence-corrected chi connectivity index (χ3v) is 5.36. The summed E-state index contributed by atoms with van der Waals surface area (Å²) in [5.41, 5.74) is -0.0358. The van der Waals surface area contributed by atoms with Crippen LogP contribution >= 0.6 is 22.6 Å². The lowest BCUT2D eigenvalue weighted by Gasteiger charge is -2.21. The van der Waals surface area contributed by atoms with Crippen LogP contribution in [0.4, 0.5) is 0 Å². The molecule has 1 rings (SSSR count). The molecule has 0 saturated carbocycles. The van der Waals surface area contributed by atoms with E-state index in [0.717, 1.165) is 6.07 Å². The van der Waals surface area contributed by atoms with E-state index in [9.17, 15) is 13.2 Å². The molecule has 21 heavy (non-hydrogen) atoms. The van der Waals surface area contributed by atoms with Gasteiger partial charge >= 0.3 is 5.97 Å². The summed E-state index contributed by atoms with van der Waals surface area (Å²) < 4.78 is 32.7. The molecule has 1 aromatic carbocycles. The van der Waals surface area contributed by atoms with Crippen molar-refractivity contribution in [3.05, 3.63) is 27.3 Å². The first-order valence-electron chi connectivity index (χ1n) is 6.23. The molecule has 0 saturated heterocycles. The van der Waals surface area contributed by atoms with Gasteiger partial charge < -0.3 is 9.84 Å². The lowest BCUT2D eigenvalue weighted by Crippen LogP contribution is -2.41. The van der Waals surface area contributed by atoms with Crippen LogP contribution in [0.3, 0.4) is 0 Å². The van der Waals surface area contributed by atoms with Crippen LogP contribution in [0.2, 0.25) is 0 Å². The van der Waals surface area contributed by atoms with Gasteiger partial charge in [0.05, 0.1) is 17.1 Å². The quantitative estimate of drug-likeness (QED) is 0.649. The Balaban J connectivity index is 3.13. The highest BCUT2D eigenvalue weighted by Crippen LogP contribution is 2.19. The van der Waals surface area contributed by atoms with E-state index in [2.05, 4.69) is 4.72 Å². The zero-order valence-corrected chi connectivity index (χ0v) is 14.9. The molecule has 0 aliphatic heterocycles. The first-order valence-corrected chi connectivity index (χ1v) is 8.79. The van der Waals surface area contributed by atoms with E-state index in [1.807, 2.05) is 36.4 Å². The topological polar surface area (TPSA) is 92.7 Å². The summed E-state index contributed by atoms with van der Waals surface area (Å²) in [5, 5.41) is 9.07. The molecule has 8 heteroatoms. The Kier molecular flexibility index (Phi) is 6.57. The largest absolute Gasteiger partial charge is 0.478 e. The van der Waals surface area contributed by atoms with Crippen molar-refractivity contribution < 1.29 is 23.1 Å². The van der Waals surface area contributed by atoms with Gasteiger partial charge in [0, 0.05) is 16.7 Å². The van der Waals surface area contributed by atoms with Gasteiger partial charge in [-0.3, -0.25) is 0 Å². The van der Waals surface area contributed by atoms with E-state index in [4.69, 9.17) is 9.84 Å². The van der Waals surface area contributed by atoms with Crippen LogP contribution in [-0.4, -0.2) is 39.3 Å². The molecule has 0 spiro atoms. The number of carboxylic acid groups (broad SMARTS) is 1. The molecule has 0 fully saturated rings. The van der Waals surface area contributed by atoms with Crippen LogP contribution in [0.25, 0.3) is 0 Å². The fourth-order valence-electron chi connectivity index (χ4n) is 1.64. The number of aromatic carboxylic acids is 1. The van der Waals surface area contributed by atoms with Gasteiger partial charge in [0.2, 0.25) is 10.0 Å². The lowest BCUT2D eigenvalue weighted by molar-refractivity contribution is 0.0695. The maximum Gasteiger partial charge on any atom is 0.336 e. The highest BCUT2D eigenvalue weighted by Gasteiger charge is 2.24. The van der Waals surface area contributed by atoms with E-state index in [1.165, 1.54) is 19.2 Å². The number of ether oxygens (including phenoxy) is 1. The van der Waals surface area contributed by atoms with Crippen molar-refractivity contribution in [2.75, 3.05) is 13.7 Å². The Labute approximate surface area is 138 Å². The molecule has 118 valence electrons. The average molecular weight is 427 g/mol. The van der Waals surface area contributed by atoms with E-state index in [0.29, 0.717) is 3.57 Å². The number of carboxylic acids is 1. The molecule has 0 heterocycles. The molecule has 1 atom stereocenters. The number of sulfonamides is 1. The number of halogens is 1. The van der Waals surface area contributed by atoms with Gasteiger partial charge in [-0.15, -0.1) is 0 Å². The van der Waals surface area contributed by atoms with Crippen LogP contribution in [0.15, 0.2) is 23.1 Å². The van der Waals surface area contributed by atoms with Gasteiger partial charge in [-0.05, 0) is 46.7 Å². The van der Waals surface area contributed by atoms with Crippen molar-refractivity contribution in [1.82, 2.24) is 4.72 Å². The highest BCUT2D eigenvalue weighted by molar-refractivity contribution is 14.1. The third-order valence-electron chi connectivity index (χ3n) is 2.94. The Bertz CT molecular complexity index is 615. The fraction of sp³-hybridized carbons (Fsp3) is 0.462. The molecular formula is C13H18INO5S. The Hall–Kier alpha value is -0.710. The van der Waals surface area contributed by atoms with Crippen LogP contribution < -0.4 is 4.72 Å². The van der Waals surface area contributed by atoms with E-state index < -0.39 is 16.0 Å². The number of carbonyl (C=O) groups is 1. The number of methoxy groups -OCH3 is 1. The van der Waals surface area contributed by atoms with Gasteiger partial charge in [-0.2, -0.15) is 0 Å². The monoisotopic (exact) mass is 427 g/mol. The van der Waals surface area contributed by atoms with Gasteiger partial charge in [0.1, 0.15) is 0 Å². The zero-order chi connectivity index (χ0) is 16.2. The second-order valence-electron chi connectivity index (χ2n) is 4.87. The van der Waals surface area contributed by atoms with Crippen LogP contribution in [-0.2, 0) is 14.8 Å². The van der Waals surface area contributed by atoms with Crippen molar-refractivity contribution >= 4 is 38.6 Å². The molecule has 2 N–H and O–H groups in total. The van der Waals surface area contributed by atoms with Gasteiger partial charge in [0.15, 0.2) is 0 Å². The highest BCUT2D eigenvalue weighted by atomic mass is 127. The van der Waals surface area contributed by atoms with Crippen LogP contribution in [0, 0.1) is 9.49 Å². The summed E-state index contributed by atoms with van der Waals surface area (Å²) in [6, 6.07) is 3.64. The predicted octanol–water partition coefficient (Wildman–Crippen LogP) is 1.94. The minimum absolute atomic E-state index is 0.0358. The Morgan fingerprint density at radius 1 is 1.43 bits per heavy atom. The van der Waals surface area contributed by atoms with Crippen molar-refractivity contribution in [3.8, 4) is 0 Å². The first kappa shape index (κ1) is 18.3. The molecule has 0 amide bonds. The second kappa shape index (κ2) is 7.52. The summed E-state index contributed by atoms with van der Waals surface area (Å²) in [6.07, 6.45) is 0. The summed E-state index contributed by atoms with van der Waals surface area (Å²) in [4.78, 5) is 11.0. The van der Waals surface area contributed by atoms with Crippen LogP contribution in [0.1, 0.15) is 24.2 Å². The van der Waals surface area contributed by atoms with Gasteiger partial charge in [0.25, 0.3) is 0 Å². The maximum atomic E-state index is 12.3. The van der Waals surface area contributed by atoms with Gasteiger partial charge in [-0.1, -0.05) is 13.8 Å². The predicted molar refractivity (Wildman–Crippen MR) is 86.9 cm³/mol. The van der Waals surface area contributed by atoms with E-state index >= 15 is 0 Å². The van der Waals surface area contributed by atoms with E-state index in [1.54, 1.807) is 0 Å². The van der Waals surface area contributed by atoms with Crippen molar-refractivity contribution in [3.63, 3.8) is 0 Å². The molecule has 0 bridgehead atoms. The Morgan fingerprint density at radius 3 is 2.52 bits per heavy atom. The zero-order valence-electron chi connectivity index (χ0n) is 12.0. The molecule has 1 aromatic rings. The van der Waals surface area contributed by atoms with Crippen molar-refractivity contribution in [2.24, 2.45) is 5.92 Å². The molecule has 6 nitrogen and oxygen atoms in total. The smallest absolute Gasteiger partial charge is 0.336 e. The second-order valence-corrected chi connectivity index (χ2v) is 7.75. The third kappa shape index (κ3) is 4.90. The Morgan fingerprint density at radius 2 is 2.05 bits per heavy atom. The number of hydrogen-bond donors (Lipinski definition) is 2. The molecule has 0 aliphatic rings. The molecule has 0 radical (unpaired) electrons. The molecular weight excluding hydrogens is 409 g/mol. The van der Waals surface area contributed by atoms with Crippen molar-refractivity contribution in [2.45, 2.75) is 24.8 Å². The standard InChI is InChI=1S/C13H18INO5S/c1-8(2)12(7-20-3)15-21(18,19)9-4-5-11(14)10(6-9)13(16)17/h4-6,8,12,15H,7H2,1-3H3,(H,16,17).